The summed E-state index contributed by atoms with van der Waals surface area (Å²) in [5.74, 6) is 2.21. The molecule has 1 heterocycles. The zero-order chi connectivity index (χ0) is 20.1. The van der Waals surface area contributed by atoms with Crippen molar-refractivity contribution in [1.82, 2.24) is 4.98 Å². The molecule has 2 aromatic carbocycles. The van der Waals surface area contributed by atoms with E-state index in [0.29, 0.717) is 5.92 Å². The molecular weight excluding hydrogens is 348 g/mol. The minimum atomic E-state index is 0.547. The lowest BCUT2D eigenvalue weighted by Crippen LogP contribution is -2.00. The second-order valence-electron chi connectivity index (χ2n) is 7.40. The van der Waals surface area contributed by atoms with E-state index in [2.05, 4.69) is 37.0 Å². The molecule has 1 unspecified atom stereocenters. The van der Waals surface area contributed by atoms with Crippen molar-refractivity contribution in [2.24, 2.45) is 5.73 Å². The zero-order valence-corrected chi connectivity index (χ0v) is 17.5. The summed E-state index contributed by atoms with van der Waals surface area (Å²) in [4.78, 5) is 3.65. The predicted octanol–water partition coefficient (Wildman–Crippen LogP) is 5.65. The smallest absolute Gasteiger partial charge is 0.128 e. The van der Waals surface area contributed by atoms with Crippen molar-refractivity contribution in [3.63, 3.8) is 0 Å². The number of fused-ring (bicyclic) bond motifs is 1. The highest BCUT2D eigenvalue weighted by molar-refractivity contribution is 5.92. The minimum Gasteiger partial charge on any atom is -0.497 e. The fourth-order valence-electron chi connectivity index (χ4n) is 3.75. The van der Waals surface area contributed by atoms with E-state index >= 15 is 0 Å². The third-order valence-electron chi connectivity index (χ3n) is 5.67. The topological polar surface area (TPSA) is 60.3 Å². The number of aromatic amines is 1. The van der Waals surface area contributed by atoms with E-state index in [1.807, 2.05) is 18.2 Å². The summed E-state index contributed by atoms with van der Waals surface area (Å²) in [5, 5.41) is 1.30. The Morgan fingerprint density at radius 2 is 1.86 bits per heavy atom. The molecule has 28 heavy (non-hydrogen) atoms. The summed E-state index contributed by atoms with van der Waals surface area (Å²) in [5.41, 5.74) is 11.8. The van der Waals surface area contributed by atoms with E-state index in [-0.39, 0.29) is 0 Å². The Morgan fingerprint density at radius 1 is 1.04 bits per heavy atom. The van der Waals surface area contributed by atoms with Crippen molar-refractivity contribution in [3.05, 3.63) is 47.5 Å². The molecule has 3 aromatic rings. The summed E-state index contributed by atoms with van der Waals surface area (Å²) < 4.78 is 11.1. The third kappa shape index (κ3) is 4.02. The molecule has 150 valence electrons. The van der Waals surface area contributed by atoms with Gasteiger partial charge in [-0.2, -0.15) is 0 Å². The van der Waals surface area contributed by atoms with Crippen LogP contribution >= 0.6 is 0 Å². The van der Waals surface area contributed by atoms with Crippen LogP contribution in [-0.4, -0.2) is 25.7 Å². The lowest BCUT2D eigenvalue weighted by molar-refractivity contribution is 0.404. The lowest BCUT2D eigenvalue weighted by Gasteiger charge is -2.12. The van der Waals surface area contributed by atoms with Crippen LogP contribution in [0.1, 0.15) is 50.2 Å². The summed E-state index contributed by atoms with van der Waals surface area (Å²) in [6.45, 7) is 5.24. The van der Waals surface area contributed by atoms with Gasteiger partial charge < -0.3 is 20.2 Å². The molecule has 0 aliphatic rings. The number of benzene rings is 2. The average molecular weight is 381 g/mol. The van der Waals surface area contributed by atoms with E-state index in [9.17, 15) is 0 Å². The maximum atomic E-state index is 5.75. The van der Waals surface area contributed by atoms with Gasteiger partial charge in [0.05, 0.1) is 19.9 Å². The first kappa shape index (κ1) is 20.3. The highest BCUT2D eigenvalue weighted by atomic mass is 16.5. The van der Waals surface area contributed by atoms with Gasteiger partial charge in [0.2, 0.25) is 0 Å². The van der Waals surface area contributed by atoms with Crippen molar-refractivity contribution in [2.45, 2.75) is 45.4 Å². The van der Waals surface area contributed by atoms with Crippen LogP contribution in [-0.2, 0) is 6.42 Å². The Hall–Kier alpha value is -2.46. The molecule has 0 bridgehead atoms. The van der Waals surface area contributed by atoms with Crippen molar-refractivity contribution in [3.8, 4) is 22.8 Å². The van der Waals surface area contributed by atoms with Gasteiger partial charge >= 0.3 is 0 Å². The standard InChI is InChI=1S/C24H32N2O2/c1-5-16(2)17-9-11-22-20(14-17)19(8-6-7-13-25)24(26-22)21-15-18(27-3)10-12-23(21)28-4/h9-12,14-16,26H,5-8,13,25H2,1-4H3. The number of unbranched alkanes of at least 4 members (excludes halogenated alkanes) is 1. The Morgan fingerprint density at radius 3 is 2.54 bits per heavy atom. The number of ether oxygens (including phenoxy) is 2. The Balaban J connectivity index is 2.19. The molecule has 0 radical (unpaired) electrons. The van der Waals surface area contributed by atoms with E-state index in [0.717, 1.165) is 60.5 Å². The highest BCUT2D eigenvalue weighted by Gasteiger charge is 2.18. The number of aryl methyl sites for hydroxylation is 1. The van der Waals surface area contributed by atoms with E-state index < -0.39 is 0 Å². The molecule has 0 spiro atoms. The predicted molar refractivity (Wildman–Crippen MR) is 118 cm³/mol. The van der Waals surface area contributed by atoms with Gasteiger partial charge in [0.1, 0.15) is 11.5 Å². The van der Waals surface area contributed by atoms with Crippen molar-refractivity contribution >= 4 is 10.9 Å². The van der Waals surface area contributed by atoms with Crippen molar-refractivity contribution in [1.29, 1.82) is 0 Å². The summed E-state index contributed by atoms with van der Waals surface area (Å²) in [6.07, 6.45) is 4.20. The van der Waals surface area contributed by atoms with Gasteiger partial charge in [0.25, 0.3) is 0 Å². The fraction of sp³-hybridized carbons (Fsp3) is 0.417. The normalized spacial score (nSPS) is 12.3. The Bertz CT molecular complexity index is 930. The lowest BCUT2D eigenvalue weighted by atomic mass is 9.94. The van der Waals surface area contributed by atoms with Crippen LogP contribution in [0.3, 0.4) is 0 Å². The Labute approximate surface area is 168 Å². The van der Waals surface area contributed by atoms with E-state index in [4.69, 9.17) is 15.2 Å². The van der Waals surface area contributed by atoms with Crippen molar-refractivity contribution < 1.29 is 9.47 Å². The number of H-pyrrole nitrogens is 1. The molecule has 0 saturated heterocycles. The van der Waals surface area contributed by atoms with E-state index in [1.54, 1.807) is 14.2 Å². The third-order valence-corrected chi connectivity index (χ3v) is 5.67. The highest BCUT2D eigenvalue weighted by Crippen LogP contribution is 2.39. The van der Waals surface area contributed by atoms with Gasteiger partial charge in [-0.3, -0.25) is 0 Å². The number of hydrogen-bond acceptors (Lipinski definition) is 3. The summed E-state index contributed by atoms with van der Waals surface area (Å²) in [6, 6.07) is 12.7. The molecule has 0 amide bonds. The fourth-order valence-corrected chi connectivity index (χ4v) is 3.75. The van der Waals surface area contributed by atoms with Crippen LogP contribution in [0, 0.1) is 0 Å². The number of rotatable bonds is 9. The molecule has 3 N–H and O–H groups in total. The van der Waals surface area contributed by atoms with Crippen LogP contribution in [0.5, 0.6) is 11.5 Å². The Kier molecular flexibility index (Phi) is 6.63. The van der Waals surface area contributed by atoms with Crippen LogP contribution in [0.25, 0.3) is 22.2 Å². The van der Waals surface area contributed by atoms with Gasteiger partial charge in [-0.25, -0.2) is 0 Å². The zero-order valence-electron chi connectivity index (χ0n) is 17.5. The molecule has 1 atom stereocenters. The van der Waals surface area contributed by atoms with Gasteiger partial charge in [-0.15, -0.1) is 0 Å². The average Bonchev–Trinajstić information content (AvgIpc) is 3.10. The van der Waals surface area contributed by atoms with Gasteiger partial charge in [-0.05, 0) is 79.6 Å². The largest absolute Gasteiger partial charge is 0.497 e. The van der Waals surface area contributed by atoms with Gasteiger partial charge in [0.15, 0.2) is 0 Å². The minimum absolute atomic E-state index is 0.547. The first-order valence-corrected chi connectivity index (χ1v) is 10.2. The van der Waals surface area contributed by atoms with Crippen LogP contribution in [0.15, 0.2) is 36.4 Å². The molecule has 1 aromatic heterocycles. The second-order valence-corrected chi connectivity index (χ2v) is 7.40. The molecule has 4 nitrogen and oxygen atoms in total. The first-order chi connectivity index (χ1) is 13.6. The number of methoxy groups -OCH3 is 2. The number of nitrogens with one attached hydrogen (secondary N) is 1. The monoisotopic (exact) mass is 380 g/mol. The first-order valence-electron chi connectivity index (χ1n) is 10.2. The van der Waals surface area contributed by atoms with Crippen LogP contribution in [0.4, 0.5) is 0 Å². The molecule has 0 aliphatic carbocycles. The van der Waals surface area contributed by atoms with Crippen LogP contribution in [0.2, 0.25) is 0 Å². The molecule has 3 rings (SSSR count). The van der Waals surface area contributed by atoms with Crippen LogP contribution < -0.4 is 15.2 Å². The van der Waals surface area contributed by atoms with Gasteiger partial charge in [-0.1, -0.05) is 19.9 Å². The molecule has 0 saturated carbocycles. The second kappa shape index (κ2) is 9.16. The maximum Gasteiger partial charge on any atom is 0.128 e. The SMILES string of the molecule is CCC(C)c1ccc2[nH]c(-c3cc(OC)ccc3OC)c(CCCCN)c2c1. The molecular formula is C24H32N2O2. The summed E-state index contributed by atoms with van der Waals surface area (Å²) >= 11 is 0. The maximum absolute atomic E-state index is 5.75. The quantitative estimate of drug-likeness (QED) is 0.472. The molecule has 4 heteroatoms. The molecule has 0 fully saturated rings. The van der Waals surface area contributed by atoms with E-state index in [1.165, 1.54) is 16.5 Å². The number of nitrogens with two attached hydrogens (primary N) is 1. The number of aromatic nitrogens is 1. The molecule has 0 aliphatic heterocycles. The van der Waals surface area contributed by atoms with Gasteiger partial charge in [0, 0.05) is 16.5 Å². The summed E-state index contributed by atoms with van der Waals surface area (Å²) in [7, 11) is 3.40. The van der Waals surface area contributed by atoms with Crippen molar-refractivity contribution in [2.75, 3.05) is 20.8 Å². The number of hydrogen-bond donors (Lipinski definition) is 2.